The van der Waals surface area contributed by atoms with Crippen LogP contribution in [0.3, 0.4) is 0 Å². The van der Waals surface area contributed by atoms with Gasteiger partial charge in [0.25, 0.3) is 0 Å². The van der Waals surface area contributed by atoms with E-state index >= 15 is 0 Å². The summed E-state index contributed by atoms with van der Waals surface area (Å²) in [6, 6.07) is 6.53. The van der Waals surface area contributed by atoms with Gasteiger partial charge in [-0.15, -0.1) is 0 Å². The zero-order valence-electron chi connectivity index (χ0n) is 13.9. The number of hydrogen-bond donors (Lipinski definition) is 1. The van der Waals surface area contributed by atoms with Gasteiger partial charge >= 0.3 is 0 Å². The SMILES string of the molecule is CCCNC(c1ccc2c(c1)OCCO2)C(C)(C)N(C)C. The number of hydrogen-bond acceptors (Lipinski definition) is 4. The maximum Gasteiger partial charge on any atom is 0.161 e. The number of likely N-dealkylation sites (N-methyl/N-ethyl adjacent to an activating group) is 1. The van der Waals surface area contributed by atoms with E-state index in [1.165, 1.54) is 5.56 Å². The van der Waals surface area contributed by atoms with Gasteiger partial charge in [0.1, 0.15) is 13.2 Å². The number of nitrogens with zero attached hydrogens (tertiary/aromatic N) is 1. The number of ether oxygens (including phenoxy) is 2. The number of benzene rings is 1. The fourth-order valence-electron chi connectivity index (χ4n) is 2.56. The first-order valence-corrected chi connectivity index (χ1v) is 7.77. The second kappa shape index (κ2) is 6.67. The van der Waals surface area contributed by atoms with Crippen LogP contribution >= 0.6 is 0 Å². The molecule has 1 aromatic carbocycles. The number of rotatable bonds is 6. The summed E-state index contributed by atoms with van der Waals surface area (Å²) in [5.74, 6) is 1.71. The Morgan fingerprint density at radius 2 is 1.86 bits per heavy atom. The van der Waals surface area contributed by atoms with Crippen molar-refractivity contribution in [3.05, 3.63) is 23.8 Å². The Hall–Kier alpha value is -1.26. The lowest BCUT2D eigenvalue weighted by Gasteiger charge is -2.41. The van der Waals surface area contributed by atoms with Gasteiger partial charge in [-0.05, 0) is 58.6 Å². The van der Waals surface area contributed by atoms with Gasteiger partial charge in [0.05, 0.1) is 6.04 Å². The lowest BCUT2D eigenvalue weighted by molar-refractivity contribution is 0.136. The largest absolute Gasteiger partial charge is 0.486 e. The van der Waals surface area contributed by atoms with Gasteiger partial charge in [-0.2, -0.15) is 0 Å². The van der Waals surface area contributed by atoms with Crippen LogP contribution < -0.4 is 14.8 Å². The van der Waals surface area contributed by atoms with Crippen LogP contribution in [-0.2, 0) is 0 Å². The van der Waals surface area contributed by atoms with Crippen molar-refractivity contribution in [2.24, 2.45) is 0 Å². The third-order valence-electron chi connectivity index (χ3n) is 4.36. The molecular weight excluding hydrogens is 264 g/mol. The highest BCUT2D eigenvalue weighted by Crippen LogP contribution is 2.36. The lowest BCUT2D eigenvalue weighted by atomic mass is 9.87. The molecule has 0 saturated heterocycles. The first kappa shape index (κ1) is 16.1. The third kappa shape index (κ3) is 3.50. The minimum atomic E-state index is -0.00106. The molecule has 0 aromatic heterocycles. The first-order chi connectivity index (χ1) is 9.96. The summed E-state index contributed by atoms with van der Waals surface area (Å²) in [6.45, 7) is 8.97. The highest BCUT2D eigenvalue weighted by atomic mass is 16.6. The van der Waals surface area contributed by atoms with Crippen LogP contribution in [0.1, 0.15) is 38.8 Å². The van der Waals surface area contributed by atoms with Crippen molar-refractivity contribution in [3.8, 4) is 11.5 Å². The monoisotopic (exact) mass is 292 g/mol. The van der Waals surface area contributed by atoms with Crippen molar-refractivity contribution in [2.75, 3.05) is 33.9 Å². The molecule has 21 heavy (non-hydrogen) atoms. The van der Waals surface area contributed by atoms with E-state index in [0.29, 0.717) is 13.2 Å². The molecule has 4 nitrogen and oxygen atoms in total. The molecule has 118 valence electrons. The smallest absolute Gasteiger partial charge is 0.161 e. The summed E-state index contributed by atoms with van der Waals surface area (Å²) in [4.78, 5) is 2.26. The molecule has 0 radical (unpaired) electrons. The van der Waals surface area contributed by atoms with Gasteiger partial charge in [-0.1, -0.05) is 13.0 Å². The summed E-state index contributed by atoms with van der Waals surface area (Å²) in [5.41, 5.74) is 1.24. The van der Waals surface area contributed by atoms with E-state index in [9.17, 15) is 0 Å². The van der Waals surface area contributed by atoms with Gasteiger partial charge < -0.3 is 19.7 Å². The van der Waals surface area contributed by atoms with E-state index in [4.69, 9.17) is 9.47 Å². The molecule has 0 saturated carbocycles. The summed E-state index contributed by atoms with van der Waals surface area (Å²) in [6.07, 6.45) is 1.12. The van der Waals surface area contributed by atoms with Gasteiger partial charge in [0, 0.05) is 5.54 Å². The predicted octanol–water partition coefficient (Wildman–Crippen LogP) is 2.84. The Kier molecular flexibility index (Phi) is 5.12. The molecule has 0 amide bonds. The standard InChI is InChI=1S/C17H28N2O2/c1-6-9-18-16(17(2,3)19(4)5)13-7-8-14-15(12-13)21-11-10-20-14/h7-8,12,16,18H,6,9-11H2,1-5H3. The van der Waals surface area contributed by atoms with Crippen LogP contribution in [-0.4, -0.2) is 44.3 Å². The Morgan fingerprint density at radius 3 is 2.48 bits per heavy atom. The maximum absolute atomic E-state index is 5.73. The van der Waals surface area contributed by atoms with E-state index in [-0.39, 0.29) is 11.6 Å². The zero-order valence-corrected chi connectivity index (χ0v) is 13.9. The Labute approximate surface area is 128 Å². The van der Waals surface area contributed by atoms with Crippen molar-refractivity contribution in [1.29, 1.82) is 0 Å². The van der Waals surface area contributed by atoms with E-state index < -0.39 is 0 Å². The Morgan fingerprint density at radius 1 is 1.19 bits per heavy atom. The molecule has 0 fully saturated rings. The molecule has 0 bridgehead atoms. The summed E-state index contributed by atoms with van der Waals surface area (Å²) >= 11 is 0. The second-order valence-electron chi connectivity index (χ2n) is 6.34. The van der Waals surface area contributed by atoms with Crippen molar-refractivity contribution >= 4 is 0 Å². The molecule has 1 unspecified atom stereocenters. The van der Waals surface area contributed by atoms with Gasteiger partial charge in [-0.3, -0.25) is 0 Å². The maximum atomic E-state index is 5.73. The molecule has 4 heteroatoms. The lowest BCUT2D eigenvalue weighted by Crippen LogP contribution is -2.49. The van der Waals surface area contributed by atoms with Crippen molar-refractivity contribution < 1.29 is 9.47 Å². The molecule has 1 heterocycles. The predicted molar refractivity (Wildman–Crippen MR) is 86.2 cm³/mol. The third-order valence-corrected chi connectivity index (χ3v) is 4.36. The molecule has 0 spiro atoms. The highest BCUT2D eigenvalue weighted by molar-refractivity contribution is 5.45. The molecule has 1 aromatic rings. The summed E-state index contributed by atoms with van der Waals surface area (Å²) in [5, 5.41) is 3.68. The van der Waals surface area contributed by atoms with Crippen LogP contribution in [0.4, 0.5) is 0 Å². The second-order valence-corrected chi connectivity index (χ2v) is 6.34. The van der Waals surface area contributed by atoms with E-state index in [0.717, 1.165) is 24.5 Å². The zero-order chi connectivity index (χ0) is 15.5. The quantitative estimate of drug-likeness (QED) is 0.874. The summed E-state index contributed by atoms with van der Waals surface area (Å²) in [7, 11) is 4.25. The minimum Gasteiger partial charge on any atom is -0.486 e. The Bertz CT molecular complexity index is 472. The molecule has 0 aliphatic carbocycles. The molecule has 1 N–H and O–H groups in total. The van der Waals surface area contributed by atoms with Crippen LogP contribution in [0, 0.1) is 0 Å². The van der Waals surface area contributed by atoms with E-state index in [1.54, 1.807) is 0 Å². The molecule has 1 aliphatic rings. The molecular formula is C17H28N2O2. The van der Waals surface area contributed by atoms with Crippen LogP contribution in [0.25, 0.3) is 0 Å². The molecule has 1 atom stereocenters. The topological polar surface area (TPSA) is 33.7 Å². The minimum absolute atomic E-state index is 0.00106. The van der Waals surface area contributed by atoms with Crippen molar-refractivity contribution in [1.82, 2.24) is 10.2 Å². The van der Waals surface area contributed by atoms with Gasteiger partial charge in [0.15, 0.2) is 11.5 Å². The average molecular weight is 292 g/mol. The van der Waals surface area contributed by atoms with Crippen molar-refractivity contribution in [2.45, 2.75) is 38.8 Å². The average Bonchev–Trinajstić information content (AvgIpc) is 2.47. The highest BCUT2D eigenvalue weighted by Gasteiger charge is 2.33. The van der Waals surface area contributed by atoms with Crippen LogP contribution in [0.5, 0.6) is 11.5 Å². The van der Waals surface area contributed by atoms with Gasteiger partial charge in [0.2, 0.25) is 0 Å². The molecule has 1 aliphatic heterocycles. The van der Waals surface area contributed by atoms with E-state index in [1.807, 2.05) is 6.07 Å². The fourth-order valence-corrected chi connectivity index (χ4v) is 2.56. The van der Waals surface area contributed by atoms with E-state index in [2.05, 4.69) is 57.2 Å². The van der Waals surface area contributed by atoms with Crippen LogP contribution in [0.2, 0.25) is 0 Å². The summed E-state index contributed by atoms with van der Waals surface area (Å²) < 4.78 is 11.3. The van der Waals surface area contributed by atoms with Crippen molar-refractivity contribution in [3.63, 3.8) is 0 Å². The first-order valence-electron chi connectivity index (χ1n) is 7.77. The van der Waals surface area contributed by atoms with Crippen LogP contribution in [0.15, 0.2) is 18.2 Å². The molecule has 2 rings (SSSR count). The normalized spacial score (nSPS) is 16.1. The fraction of sp³-hybridized carbons (Fsp3) is 0.647. The number of fused-ring (bicyclic) bond motifs is 1. The number of nitrogens with one attached hydrogen (secondary N) is 1. The Balaban J connectivity index is 2.32. The van der Waals surface area contributed by atoms with Gasteiger partial charge in [-0.25, -0.2) is 0 Å².